The number of hydrogen-bond donors (Lipinski definition) is 0. The summed E-state index contributed by atoms with van der Waals surface area (Å²) < 4.78 is 26.7. The highest BCUT2D eigenvalue weighted by Crippen LogP contribution is 2.48. The van der Waals surface area contributed by atoms with Crippen molar-refractivity contribution in [2.45, 2.75) is 13.8 Å². The van der Waals surface area contributed by atoms with Crippen LogP contribution in [-0.2, 0) is 23.1 Å². The number of esters is 1. The van der Waals surface area contributed by atoms with Gasteiger partial charge >= 0.3 is 13.6 Å². The van der Waals surface area contributed by atoms with Crippen LogP contribution in [0.1, 0.15) is 13.8 Å². The molecule has 0 rings (SSSR count). The van der Waals surface area contributed by atoms with E-state index in [9.17, 15) is 9.36 Å². The number of rotatable bonds is 8. The first-order valence-corrected chi connectivity index (χ1v) is 6.83. The first-order valence-electron chi connectivity index (χ1n) is 5.11. The summed E-state index contributed by atoms with van der Waals surface area (Å²) in [5, 5.41) is 0. The van der Waals surface area contributed by atoms with E-state index in [0.717, 1.165) is 0 Å². The maximum atomic E-state index is 12.1. The third kappa shape index (κ3) is 6.23. The van der Waals surface area contributed by atoms with E-state index in [0.29, 0.717) is 13.2 Å². The van der Waals surface area contributed by atoms with Gasteiger partial charge in [-0.25, -0.2) is 0 Å². The van der Waals surface area contributed by atoms with E-state index in [-0.39, 0.29) is 18.8 Å². The molecule has 0 heterocycles. The zero-order chi connectivity index (χ0) is 12.6. The summed E-state index contributed by atoms with van der Waals surface area (Å²) >= 11 is 0. The van der Waals surface area contributed by atoms with Crippen molar-refractivity contribution in [3.8, 4) is 0 Å². The maximum Gasteiger partial charge on any atom is 0.344 e. The predicted octanol–water partition coefficient (Wildman–Crippen LogP) is 1.31. The molecule has 0 aliphatic rings. The Hall–Kier alpha value is -0.420. The second-order valence-electron chi connectivity index (χ2n) is 3.18. The van der Waals surface area contributed by atoms with Gasteiger partial charge in [0, 0.05) is 0 Å². The highest BCUT2D eigenvalue weighted by atomic mass is 31.2. The minimum Gasteiger partial charge on any atom is -0.468 e. The molecule has 96 valence electrons. The second kappa shape index (κ2) is 7.79. The van der Waals surface area contributed by atoms with Gasteiger partial charge in [0.15, 0.2) is 0 Å². The lowest BCUT2D eigenvalue weighted by molar-refractivity contribution is -0.141. The van der Waals surface area contributed by atoms with Gasteiger partial charge in [-0.15, -0.1) is 0 Å². The van der Waals surface area contributed by atoms with Crippen molar-refractivity contribution in [2.24, 2.45) is 0 Å². The topological polar surface area (TPSA) is 65.1 Å². The van der Waals surface area contributed by atoms with E-state index in [1.807, 2.05) is 0 Å². The average Bonchev–Trinajstić information content (AvgIpc) is 2.17. The Morgan fingerprint density at radius 2 is 1.75 bits per heavy atom. The summed E-state index contributed by atoms with van der Waals surface area (Å²) in [4.78, 5) is 12.5. The van der Waals surface area contributed by atoms with E-state index in [2.05, 4.69) is 4.74 Å². The summed E-state index contributed by atoms with van der Waals surface area (Å²) in [6, 6.07) is 0. The summed E-state index contributed by atoms with van der Waals surface area (Å²) in [5.41, 5.74) is 0. The van der Waals surface area contributed by atoms with Gasteiger partial charge < -0.3 is 13.8 Å². The fourth-order valence-electron chi connectivity index (χ4n) is 1.14. The first kappa shape index (κ1) is 15.6. The molecule has 0 aromatic carbocycles. The number of carbonyl (C=O) groups is 1. The molecule has 6 nitrogen and oxygen atoms in total. The Morgan fingerprint density at radius 3 is 2.12 bits per heavy atom. The van der Waals surface area contributed by atoms with Crippen molar-refractivity contribution in [1.82, 2.24) is 4.90 Å². The Balaban J connectivity index is 4.28. The van der Waals surface area contributed by atoms with Gasteiger partial charge in [-0.2, -0.15) is 0 Å². The van der Waals surface area contributed by atoms with Crippen molar-refractivity contribution in [3.05, 3.63) is 0 Å². The summed E-state index contributed by atoms with van der Waals surface area (Å²) in [5.74, 6) is -0.387. The smallest absolute Gasteiger partial charge is 0.344 e. The van der Waals surface area contributed by atoms with Crippen molar-refractivity contribution < 1.29 is 23.1 Å². The molecule has 0 unspecified atom stereocenters. The molecule has 0 spiro atoms. The summed E-state index contributed by atoms with van der Waals surface area (Å²) in [7, 11) is -0.163. The molecule has 0 aliphatic heterocycles. The number of ether oxygens (including phenoxy) is 1. The van der Waals surface area contributed by atoms with Crippen LogP contribution < -0.4 is 0 Å². The van der Waals surface area contributed by atoms with Gasteiger partial charge in [0.25, 0.3) is 0 Å². The molecule has 0 radical (unpaired) electrons. The number of nitrogens with zero attached hydrogens (tertiary/aromatic N) is 1. The summed E-state index contributed by atoms with van der Waals surface area (Å²) in [6.45, 7) is 4.16. The Morgan fingerprint density at radius 1 is 1.25 bits per heavy atom. The molecule has 0 aliphatic carbocycles. The van der Waals surface area contributed by atoms with Crippen molar-refractivity contribution in [1.29, 1.82) is 0 Å². The van der Waals surface area contributed by atoms with E-state index in [1.165, 1.54) is 7.11 Å². The zero-order valence-electron chi connectivity index (χ0n) is 10.3. The minimum atomic E-state index is -3.12. The summed E-state index contributed by atoms with van der Waals surface area (Å²) in [6.07, 6.45) is 0.0732. The highest BCUT2D eigenvalue weighted by Gasteiger charge is 2.26. The molecular formula is C9H20NO5P. The van der Waals surface area contributed by atoms with E-state index in [4.69, 9.17) is 9.05 Å². The Bertz CT molecular complexity index is 248. The van der Waals surface area contributed by atoms with Crippen LogP contribution in [-0.4, -0.2) is 51.1 Å². The van der Waals surface area contributed by atoms with Crippen LogP contribution in [0.4, 0.5) is 0 Å². The van der Waals surface area contributed by atoms with Gasteiger partial charge in [-0.1, -0.05) is 0 Å². The van der Waals surface area contributed by atoms with Crippen molar-refractivity contribution >= 4 is 13.6 Å². The highest BCUT2D eigenvalue weighted by molar-refractivity contribution is 7.53. The number of methoxy groups -OCH3 is 1. The minimum absolute atomic E-state index is 0.0562. The second-order valence-corrected chi connectivity index (χ2v) is 5.20. The molecule has 0 saturated carbocycles. The van der Waals surface area contributed by atoms with Crippen LogP contribution in [0.5, 0.6) is 0 Å². The molecule has 0 bridgehead atoms. The molecule has 0 fully saturated rings. The van der Waals surface area contributed by atoms with Gasteiger partial charge in [0.1, 0.15) is 6.29 Å². The van der Waals surface area contributed by atoms with Gasteiger partial charge in [-0.3, -0.25) is 14.3 Å². The zero-order valence-corrected chi connectivity index (χ0v) is 11.2. The van der Waals surface area contributed by atoms with Gasteiger partial charge in [0.05, 0.1) is 26.9 Å². The lowest BCUT2D eigenvalue weighted by Gasteiger charge is -2.22. The van der Waals surface area contributed by atoms with Crippen LogP contribution >= 0.6 is 7.60 Å². The molecule has 0 N–H and O–H groups in total. The molecule has 7 heteroatoms. The van der Waals surface area contributed by atoms with Gasteiger partial charge in [-0.05, 0) is 20.9 Å². The first-order chi connectivity index (χ1) is 7.47. The lowest BCUT2D eigenvalue weighted by atomic mass is 10.6. The monoisotopic (exact) mass is 253 g/mol. The fraction of sp³-hybridized carbons (Fsp3) is 0.889. The molecule has 0 saturated heterocycles. The molecule has 0 aromatic heterocycles. The number of hydrogen-bond acceptors (Lipinski definition) is 6. The average molecular weight is 253 g/mol. The Labute approximate surface area is 96.4 Å². The van der Waals surface area contributed by atoms with Crippen molar-refractivity contribution in [2.75, 3.05) is 40.2 Å². The van der Waals surface area contributed by atoms with Crippen LogP contribution in [0.2, 0.25) is 0 Å². The van der Waals surface area contributed by atoms with Crippen LogP contribution in [0.3, 0.4) is 0 Å². The Kier molecular flexibility index (Phi) is 7.58. The molecule has 0 atom stereocenters. The predicted molar refractivity (Wildman–Crippen MR) is 60.4 cm³/mol. The maximum absolute atomic E-state index is 12.1. The van der Waals surface area contributed by atoms with Crippen molar-refractivity contribution in [3.63, 3.8) is 0 Å². The van der Waals surface area contributed by atoms with E-state index < -0.39 is 7.60 Å². The molecular weight excluding hydrogens is 233 g/mol. The largest absolute Gasteiger partial charge is 0.468 e. The van der Waals surface area contributed by atoms with Crippen LogP contribution in [0.15, 0.2) is 0 Å². The standard InChI is InChI=1S/C9H20NO5P/c1-5-14-16(12,15-6-2)8-10(3)7-9(11)13-4/h5-8H2,1-4H3. The lowest BCUT2D eigenvalue weighted by Crippen LogP contribution is -2.28. The normalized spacial score (nSPS) is 11.8. The number of likely N-dealkylation sites (N-methyl/N-ethyl adjacent to an activating group) is 1. The SMILES string of the molecule is CCOP(=O)(CN(C)CC(=O)OC)OCC. The van der Waals surface area contributed by atoms with Crippen LogP contribution in [0.25, 0.3) is 0 Å². The molecule has 0 aromatic rings. The molecule has 16 heavy (non-hydrogen) atoms. The fourth-order valence-corrected chi connectivity index (χ4v) is 2.86. The van der Waals surface area contributed by atoms with Gasteiger partial charge in [0.2, 0.25) is 0 Å². The number of carbonyl (C=O) groups excluding carboxylic acids is 1. The van der Waals surface area contributed by atoms with Crippen LogP contribution in [0, 0.1) is 0 Å². The molecule has 0 amide bonds. The third-order valence-corrected chi connectivity index (χ3v) is 3.83. The van der Waals surface area contributed by atoms with E-state index in [1.54, 1.807) is 25.8 Å². The third-order valence-electron chi connectivity index (χ3n) is 1.69. The quantitative estimate of drug-likeness (QED) is 0.480. The van der Waals surface area contributed by atoms with E-state index >= 15 is 0 Å².